The maximum Gasteiger partial charge on any atom is 0.337 e. The fraction of sp³-hybridized carbons (Fsp3) is 0.579. The van der Waals surface area contributed by atoms with E-state index in [2.05, 4.69) is 10.1 Å². The van der Waals surface area contributed by atoms with E-state index in [0.29, 0.717) is 31.6 Å². The van der Waals surface area contributed by atoms with E-state index in [1.807, 2.05) is 32.9 Å². The van der Waals surface area contributed by atoms with Crippen molar-refractivity contribution in [2.75, 3.05) is 20.3 Å². The first-order chi connectivity index (χ1) is 11.8. The van der Waals surface area contributed by atoms with E-state index in [9.17, 15) is 9.59 Å². The average molecular weight is 385 g/mol. The Balaban J connectivity index is 0.00000338. The molecule has 0 aromatic heterocycles. The van der Waals surface area contributed by atoms with Crippen LogP contribution >= 0.6 is 12.4 Å². The van der Waals surface area contributed by atoms with Crippen molar-refractivity contribution in [3.8, 4) is 0 Å². The van der Waals surface area contributed by atoms with Crippen LogP contribution < -0.4 is 11.1 Å². The summed E-state index contributed by atoms with van der Waals surface area (Å²) in [5.41, 5.74) is 6.59. The highest BCUT2D eigenvalue weighted by atomic mass is 35.5. The molecule has 3 N–H and O–H groups in total. The van der Waals surface area contributed by atoms with E-state index in [1.54, 1.807) is 12.1 Å². The van der Waals surface area contributed by atoms with Crippen LogP contribution in [0.2, 0.25) is 0 Å². The van der Waals surface area contributed by atoms with E-state index < -0.39 is 11.0 Å². The number of carbonyl (C=O) groups excluding carboxylic acids is 2. The van der Waals surface area contributed by atoms with Crippen molar-refractivity contribution in [2.45, 2.75) is 45.3 Å². The standard InChI is InChI=1S/C19H28N2O4.ClH/c1-5-25-15-12-19(20,18(15,2)3)17(23)21-11-10-13-6-8-14(9-7-13)16(22)24-4;/h6-9,15H,5,10-12,20H2,1-4H3,(H,21,23);1H. The zero-order valence-corrected chi connectivity index (χ0v) is 16.7. The smallest absolute Gasteiger partial charge is 0.337 e. The summed E-state index contributed by atoms with van der Waals surface area (Å²) in [5.74, 6) is -0.499. The number of halogens is 1. The van der Waals surface area contributed by atoms with Crippen molar-refractivity contribution in [3.05, 3.63) is 35.4 Å². The Morgan fingerprint density at radius 1 is 1.27 bits per heavy atom. The molecule has 0 saturated heterocycles. The highest BCUT2D eigenvalue weighted by molar-refractivity contribution is 5.89. The van der Waals surface area contributed by atoms with Gasteiger partial charge < -0.3 is 20.5 Å². The fourth-order valence-electron chi connectivity index (χ4n) is 3.22. The maximum absolute atomic E-state index is 12.5. The molecule has 26 heavy (non-hydrogen) atoms. The summed E-state index contributed by atoms with van der Waals surface area (Å²) in [6, 6.07) is 7.15. The van der Waals surface area contributed by atoms with Gasteiger partial charge in [0.15, 0.2) is 0 Å². The minimum Gasteiger partial charge on any atom is -0.465 e. The molecule has 6 nitrogen and oxygen atoms in total. The molecule has 1 aliphatic carbocycles. The molecule has 2 unspecified atom stereocenters. The molecule has 1 saturated carbocycles. The van der Waals surface area contributed by atoms with Crippen LogP contribution in [0.5, 0.6) is 0 Å². The summed E-state index contributed by atoms with van der Waals surface area (Å²) in [5, 5.41) is 2.93. The Morgan fingerprint density at radius 3 is 2.38 bits per heavy atom. The van der Waals surface area contributed by atoms with Crippen molar-refractivity contribution in [1.29, 1.82) is 0 Å². The largest absolute Gasteiger partial charge is 0.465 e. The van der Waals surface area contributed by atoms with E-state index in [0.717, 1.165) is 5.56 Å². The molecule has 2 atom stereocenters. The van der Waals surface area contributed by atoms with Crippen LogP contribution in [0, 0.1) is 5.41 Å². The Kier molecular flexibility index (Phi) is 7.62. The number of esters is 1. The molecule has 2 rings (SSSR count). The van der Waals surface area contributed by atoms with Crippen LogP contribution in [0.25, 0.3) is 0 Å². The minimum absolute atomic E-state index is 0. The first-order valence-corrected chi connectivity index (χ1v) is 8.62. The Hall–Kier alpha value is -1.63. The normalized spacial score (nSPS) is 23.3. The van der Waals surface area contributed by atoms with Crippen LogP contribution in [0.3, 0.4) is 0 Å². The van der Waals surface area contributed by atoms with Gasteiger partial charge in [0.05, 0.1) is 18.8 Å². The molecule has 1 aromatic carbocycles. The molecule has 0 spiro atoms. The summed E-state index contributed by atoms with van der Waals surface area (Å²) in [7, 11) is 1.35. The number of hydrogen-bond acceptors (Lipinski definition) is 5. The molecule has 1 fully saturated rings. The Morgan fingerprint density at radius 2 is 1.88 bits per heavy atom. The number of benzene rings is 1. The second-order valence-corrected chi connectivity index (χ2v) is 7.04. The van der Waals surface area contributed by atoms with E-state index in [4.69, 9.17) is 10.5 Å². The summed E-state index contributed by atoms with van der Waals surface area (Å²) < 4.78 is 10.3. The number of carbonyl (C=O) groups is 2. The number of nitrogens with one attached hydrogen (secondary N) is 1. The topological polar surface area (TPSA) is 90.6 Å². The molecule has 146 valence electrons. The lowest BCUT2D eigenvalue weighted by Crippen LogP contribution is -2.75. The summed E-state index contributed by atoms with van der Waals surface area (Å²) in [4.78, 5) is 23.9. The summed E-state index contributed by atoms with van der Waals surface area (Å²) in [6.07, 6.45) is 1.21. The second-order valence-electron chi connectivity index (χ2n) is 7.04. The number of hydrogen-bond donors (Lipinski definition) is 2. The van der Waals surface area contributed by atoms with Crippen molar-refractivity contribution in [3.63, 3.8) is 0 Å². The predicted octanol–water partition coefficient (Wildman–Crippen LogP) is 2.09. The van der Waals surface area contributed by atoms with Crippen molar-refractivity contribution >= 4 is 24.3 Å². The van der Waals surface area contributed by atoms with E-state index in [1.165, 1.54) is 7.11 Å². The monoisotopic (exact) mass is 384 g/mol. The van der Waals surface area contributed by atoms with Gasteiger partial charge in [-0.05, 0) is 31.0 Å². The zero-order valence-electron chi connectivity index (χ0n) is 15.8. The van der Waals surface area contributed by atoms with Gasteiger partial charge in [-0.1, -0.05) is 26.0 Å². The van der Waals surface area contributed by atoms with Crippen molar-refractivity contribution < 1.29 is 19.1 Å². The first kappa shape index (κ1) is 22.4. The molecular weight excluding hydrogens is 356 g/mol. The third-order valence-electron chi connectivity index (χ3n) is 5.31. The summed E-state index contributed by atoms with van der Waals surface area (Å²) >= 11 is 0. The third-order valence-corrected chi connectivity index (χ3v) is 5.31. The number of methoxy groups -OCH3 is 1. The average Bonchev–Trinajstić information content (AvgIpc) is 2.61. The van der Waals surface area contributed by atoms with Gasteiger partial charge in [0, 0.05) is 25.0 Å². The fourth-order valence-corrected chi connectivity index (χ4v) is 3.22. The van der Waals surface area contributed by atoms with Crippen LogP contribution in [-0.2, 0) is 20.7 Å². The number of amides is 1. The quantitative estimate of drug-likeness (QED) is 0.702. The Bertz CT molecular complexity index is 633. The van der Waals surface area contributed by atoms with Crippen LogP contribution in [-0.4, -0.2) is 43.8 Å². The lowest BCUT2D eigenvalue weighted by molar-refractivity contribution is -0.170. The molecular formula is C19H29ClN2O4. The number of nitrogens with two attached hydrogens (primary N) is 1. The second kappa shape index (κ2) is 8.84. The van der Waals surface area contributed by atoms with Crippen LogP contribution in [0.4, 0.5) is 0 Å². The highest BCUT2D eigenvalue weighted by Crippen LogP contribution is 2.49. The molecule has 0 heterocycles. The van der Waals surface area contributed by atoms with Crippen molar-refractivity contribution in [2.24, 2.45) is 11.1 Å². The van der Waals surface area contributed by atoms with Gasteiger partial charge >= 0.3 is 5.97 Å². The van der Waals surface area contributed by atoms with E-state index >= 15 is 0 Å². The van der Waals surface area contributed by atoms with Gasteiger partial charge in [0.25, 0.3) is 0 Å². The summed E-state index contributed by atoms with van der Waals surface area (Å²) in [6.45, 7) is 7.00. The molecule has 1 aliphatic rings. The van der Waals surface area contributed by atoms with E-state index in [-0.39, 0.29) is 30.4 Å². The number of rotatable bonds is 7. The molecule has 0 aliphatic heterocycles. The molecule has 7 heteroatoms. The molecule has 1 amide bonds. The predicted molar refractivity (Wildman–Crippen MR) is 102 cm³/mol. The highest BCUT2D eigenvalue weighted by Gasteiger charge is 2.62. The van der Waals surface area contributed by atoms with Crippen LogP contribution in [0.15, 0.2) is 24.3 Å². The SMILES string of the molecule is CCOC1CC(N)(C(=O)NCCc2ccc(C(=O)OC)cc2)C1(C)C.Cl. The maximum atomic E-state index is 12.5. The lowest BCUT2D eigenvalue weighted by Gasteiger charge is -2.57. The zero-order chi connectivity index (χ0) is 18.7. The van der Waals surface area contributed by atoms with Gasteiger partial charge in [-0.15, -0.1) is 12.4 Å². The van der Waals surface area contributed by atoms with Gasteiger partial charge in [-0.2, -0.15) is 0 Å². The first-order valence-electron chi connectivity index (χ1n) is 8.62. The van der Waals surface area contributed by atoms with Gasteiger partial charge in [-0.25, -0.2) is 4.79 Å². The van der Waals surface area contributed by atoms with Crippen molar-refractivity contribution in [1.82, 2.24) is 5.32 Å². The Labute approximate surface area is 161 Å². The third kappa shape index (κ3) is 4.19. The molecule has 0 radical (unpaired) electrons. The molecule has 0 bridgehead atoms. The van der Waals surface area contributed by atoms with Gasteiger partial charge in [0.1, 0.15) is 5.54 Å². The minimum atomic E-state index is -0.901. The lowest BCUT2D eigenvalue weighted by atomic mass is 9.54. The number of ether oxygens (including phenoxy) is 2. The van der Waals surface area contributed by atoms with Gasteiger partial charge in [0.2, 0.25) is 5.91 Å². The van der Waals surface area contributed by atoms with Crippen LogP contribution in [0.1, 0.15) is 43.1 Å². The molecule has 1 aromatic rings. The van der Waals surface area contributed by atoms with Gasteiger partial charge in [-0.3, -0.25) is 4.79 Å².